The number of carbonyl (C=O) groups is 1. The largest absolute Gasteiger partial charge is 0.457 e. The fourth-order valence-corrected chi connectivity index (χ4v) is 4.44. The molecule has 5 rings (SSSR count). The lowest BCUT2D eigenvalue weighted by Gasteiger charge is -2.32. The standard InChI is InChI=1S/C25H24N6O3/c1-2-20(32)30-14-6-7-16(15-30)23-21-22(24(26)27-28-25(21)33)29-31(23)17-10-12-19(13-11-17)34-18-8-4-3-5-9-18/h2-5,8-13,16H,1,6-7,14-15H2,(H2,26,27)(H,28,33). The van der Waals surface area contributed by atoms with Crippen molar-refractivity contribution in [1.29, 1.82) is 0 Å². The van der Waals surface area contributed by atoms with Crippen LogP contribution in [0.2, 0.25) is 0 Å². The van der Waals surface area contributed by atoms with Crippen LogP contribution in [-0.2, 0) is 4.79 Å². The van der Waals surface area contributed by atoms with E-state index in [9.17, 15) is 9.59 Å². The van der Waals surface area contributed by atoms with Gasteiger partial charge >= 0.3 is 0 Å². The Balaban J connectivity index is 1.58. The molecule has 9 heteroatoms. The molecule has 0 bridgehead atoms. The fourth-order valence-electron chi connectivity index (χ4n) is 4.44. The van der Waals surface area contributed by atoms with Crippen LogP contribution in [0.5, 0.6) is 11.5 Å². The molecule has 1 amide bonds. The van der Waals surface area contributed by atoms with Gasteiger partial charge in [-0.05, 0) is 55.3 Å². The van der Waals surface area contributed by atoms with Crippen molar-refractivity contribution in [3.63, 3.8) is 0 Å². The van der Waals surface area contributed by atoms with Crippen molar-refractivity contribution in [3.05, 3.63) is 83.3 Å². The summed E-state index contributed by atoms with van der Waals surface area (Å²) in [6.07, 6.45) is 2.93. The normalized spacial score (nSPS) is 15.9. The van der Waals surface area contributed by atoms with Crippen molar-refractivity contribution in [2.75, 3.05) is 18.8 Å². The van der Waals surface area contributed by atoms with Gasteiger partial charge in [-0.1, -0.05) is 24.8 Å². The van der Waals surface area contributed by atoms with Gasteiger partial charge in [-0.2, -0.15) is 10.2 Å². The van der Waals surface area contributed by atoms with Crippen molar-refractivity contribution in [2.45, 2.75) is 18.8 Å². The summed E-state index contributed by atoms with van der Waals surface area (Å²) in [7, 11) is 0. The number of para-hydroxylation sites is 1. The number of piperidine rings is 1. The van der Waals surface area contributed by atoms with Crippen molar-refractivity contribution in [3.8, 4) is 17.2 Å². The second kappa shape index (κ2) is 8.86. The first-order chi connectivity index (χ1) is 16.5. The van der Waals surface area contributed by atoms with E-state index in [0.29, 0.717) is 35.4 Å². The summed E-state index contributed by atoms with van der Waals surface area (Å²) < 4.78 is 7.63. The van der Waals surface area contributed by atoms with E-state index in [2.05, 4.69) is 21.9 Å². The van der Waals surface area contributed by atoms with Crippen LogP contribution in [0.25, 0.3) is 16.6 Å². The molecule has 1 fully saturated rings. The maximum atomic E-state index is 12.8. The minimum absolute atomic E-state index is 0.106. The van der Waals surface area contributed by atoms with Gasteiger partial charge in [0.15, 0.2) is 5.82 Å². The SMILES string of the molecule is C=CC(=O)N1CCCC(c2c3c(=O)[nH]nc(N)c3nn2-c2ccc(Oc3ccccc3)cc2)C1. The van der Waals surface area contributed by atoms with Gasteiger partial charge in [-0.3, -0.25) is 9.59 Å². The Bertz CT molecular complexity index is 1410. The zero-order valence-electron chi connectivity index (χ0n) is 18.5. The number of carbonyl (C=O) groups excluding carboxylic acids is 1. The van der Waals surface area contributed by atoms with Crippen molar-refractivity contribution in [2.24, 2.45) is 0 Å². The predicted octanol–water partition coefficient (Wildman–Crippen LogP) is 3.38. The third-order valence-electron chi connectivity index (χ3n) is 6.02. The number of aromatic nitrogens is 4. The number of hydrogen-bond acceptors (Lipinski definition) is 6. The van der Waals surface area contributed by atoms with E-state index in [1.165, 1.54) is 6.08 Å². The number of ether oxygens (including phenoxy) is 1. The van der Waals surface area contributed by atoms with Crippen LogP contribution in [0.15, 0.2) is 72.0 Å². The number of nitrogens with one attached hydrogen (secondary N) is 1. The summed E-state index contributed by atoms with van der Waals surface area (Å²) in [5.74, 6) is 1.32. The molecule has 1 aliphatic heterocycles. The minimum atomic E-state index is -0.360. The number of nitrogen functional groups attached to an aromatic ring is 1. The molecule has 1 aliphatic rings. The van der Waals surface area contributed by atoms with E-state index in [-0.39, 0.29) is 23.2 Å². The van der Waals surface area contributed by atoms with Gasteiger partial charge in [0.25, 0.3) is 5.56 Å². The van der Waals surface area contributed by atoms with Crippen molar-refractivity contribution in [1.82, 2.24) is 24.9 Å². The Morgan fingerprint density at radius 3 is 2.62 bits per heavy atom. The topological polar surface area (TPSA) is 119 Å². The van der Waals surface area contributed by atoms with Gasteiger partial charge in [-0.15, -0.1) is 0 Å². The molecule has 2 aromatic carbocycles. The van der Waals surface area contributed by atoms with Gasteiger partial charge < -0.3 is 15.4 Å². The second-order valence-electron chi connectivity index (χ2n) is 8.20. The van der Waals surface area contributed by atoms with Gasteiger partial charge in [0.1, 0.15) is 17.0 Å². The molecular weight excluding hydrogens is 432 g/mol. The molecule has 172 valence electrons. The van der Waals surface area contributed by atoms with E-state index in [1.807, 2.05) is 54.6 Å². The quantitative estimate of drug-likeness (QED) is 0.445. The average Bonchev–Trinajstić information content (AvgIpc) is 3.29. The van der Waals surface area contributed by atoms with Gasteiger partial charge in [0, 0.05) is 19.0 Å². The zero-order chi connectivity index (χ0) is 23.7. The number of H-pyrrole nitrogens is 1. The number of nitrogens with two attached hydrogens (primary N) is 1. The number of hydrogen-bond donors (Lipinski definition) is 2. The summed E-state index contributed by atoms with van der Waals surface area (Å²) in [5, 5.41) is 11.4. The van der Waals surface area contributed by atoms with Gasteiger partial charge in [-0.25, -0.2) is 9.78 Å². The number of likely N-dealkylation sites (tertiary alicyclic amines) is 1. The number of nitrogens with zero attached hydrogens (tertiary/aromatic N) is 4. The maximum absolute atomic E-state index is 12.8. The lowest BCUT2D eigenvalue weighted by atomic mass is 9.92. The summed E-state index contributed by atoms with van der Waals surface area (Å²) in [5.41, 5.74) is 7.51. The Kier molecular flexibility index (Phi) is 5.59. The Morgan fingerprint density at radius 1 is 1.15 bits per heavy atom. The monoisotopic (exact) mass is 456 g/mol. The van der Waals surface area contributed by atoms with E-state index in [0.717, 1.165) is 24.3 Å². The molecule has 3 N–H and O–H groups in total. The lowest BCUT2D eigenvalue weighted by Crippen LogP contribution is -2.38. The van der Waals surface area contributed by atoms with Crippen LogP contribution in [-0.4, -0.2) is 43.9 Å². The molecule has 0 saturated carbocycles. The van der Waals surface area contributed by atoms with Crippen LogP contribution in [0.4, 0.5) is 5.82 Å². The highest BCUT2D eigenvalue weighted by Crippen LogP contribution is 2.34. The average molecular weight is 457 g/mol. The minimum Gasteiger partial charge on any atom is -0.457 e. The van der Waals surface area contributed by atoms with Gasteiger partial charge in [0.2, 0.25) is 5.91 Å². The Labute approximate surface area is 195 Å². The first-order valence-electron chi connectivity index (χ1n) is 11.1. The molecule has 0 aliphatic carbocycles. The van der Waals surface area contributed by atoms with Crippen molar-refractivity contribution < 1.29 is 9.53 Å². The molecular formula is C25H24N6O3. The molecule has 0 spiro atoms. The number of amides is 1. The maximum Gasteiger partial charge on any atom is 0.275 e. The summed E-state index contributed by atoms with van der Waals surface area (Å²) in [6, 6.07) is 17.0. The molecule has 34 heavy (non-hydrogen) atoms. The van der Waals surface area contributed by atoms with E-state index < -0.39 is 0 Å². The molecule has 0 radical (unpaired) electrons. The van der Waals surface area contributed by atoms with Gasteiger partial charge in [0.05, 0.1) is 16.8 Å². The highest BCUT2D eigenvalue weighted by molar-refractivity contribution is 5.90. The van der Waals surface area contributed by atoms with E-state index >= 15 is 0 Å². The summed E-state index contributed by atoms with van der Waals surface area (Å²) in [6.45, 7) is 4.71. The first-order valence-corrected chi connectivity index (χ1v) is 11.1. The highest BCUT2D eigenvalue weighted by Gasteiger charge is 2.30. The Hall–Kier alpha value is -4.40. The third-order valence-corrected chi connectivity index (χ3v) is 6.02. The summed E-state index contributed by atoms with van der Waals surface area (Å²) >= 11 is 0. The molecule has 1 saturated heterocycles. The molecule has 2 aromatic heterocycles. The van der Waals surface area contributed by atoms with Crippen LogP contribution in [0, 0.1) is 0 Å². The fraction of sp³-hybridized carbons (Fsp3) is 0.200. The summed E-state index contributed by atoms with van der Waals surface area (Å²) in [4.78, 5) is 26.9. The molecule has 1 atom stereocenters. The van der Waals surface area contributed by atoms with E-state index in [1.54, 1.807) is 9.58 Å². The molecule has 1 unspecified atom stereocenters. The Morgan fingerprint density at radius 2 is 1.88 bits per heavy atom. The third kappa shape index (κ3) is 3.92. The second-order valence-corrected chi connectivity index (χ2v) is 8.20. The zero-order valence-corrected chi connectivity index (χ0v) is 18.5. The molecule has 9 nitrogen and oxygen atoms in total. The molecule has 4 aromatic rings. The number of aromatic amines is 1. The van der Waals surface area contributed by atoms with Crippen LogP contribution in [0.3, 0.4) is 0 Å². The highest BCUT2D eigenvalue weighted by atomic mass is 16.5. The van der Waals surface area contributed by atoms with Crippen LogP contribution < -0.4 is 16.0 Å². The van der Waals surface area contributed by atoms with E-state index in [4.69, 9.17) is 10.5 Å². The number of rotatable bonds is 5. The van der Waals surface area contributed by atoms with Crippen molar-refractivity contribution >= 4 is 22.6 Å². The number of anilines is 1. The number of fused-ring (bicyclic) bond motifs is 1. The van der Waals surface area contributed by atoms with Crippen LogP contribution >= 0.6 is 0 Å². The predicted molar refractivity (Wildman–Crippen MR) is 129 cm³/mol. The lowest BCUT2D eigenvalue weighted by molar-refractivity contribution is -0.127. The number of benzene rings is 2. The molecule has 3 heterocycles. The first kappa shape index (κ1) is 21.4. The smallest absolute Gasteiger partial charge is 0.275 e. The van der Waals surface area contributed by atoms with Crippen LogP contribution in [0.1, 0.15) is 24.5 Å².